The molecule has 1 aromatic carbocycles. The summed E-state index contributed by atoms with van der Waals surface area (Å²) < 4.78 is 26.7. The van der Waals surface area contributed by atoms with Crippen LogP contribution in [-0.4, -0.2) is 19.3 Å². The predicted molar refractivity (Wildman–Crippen MR) is 88.5 cm³/mol. The van der Waals surface area contributed by atoms with Crippen LogP contribution in [0.5, 0.6) is 0 Å². The Balaban J connectivity index is 2.14. The lowest BCUT2D eigenvalue weighted by Crippen LogP contribution is -2.29. The Bertz CT molecular complexity index is 818. The number of benzene rings is 1. The average Bonchev–Trinajstić information content (AvgIpc) is 2.45. The molecule has 0 spiro atoms. The number of aryl methyl sites for hydroxylation is 1. The molecule has 0 radical (unpaired) electrons. The van der Waals surface area contributed by atoms with E-state index in [9.17, 15) is 13.2 Å². The number of sulfonamides is 1. The third-order valence-electron chi connectivity index (χ3n) is 2.79. The van der Waals surface area contributed by atoms with Gasteiger partial charge in [-0.2, -0.15) is 0 Å². The SMILES string of the molecule is Cc1cc(Br)ccc1C(=O)NS(=O)(=O)C=Cc1cccnc1. The van der Waals surface area contributed by atoms with Gasteiger partial charge in [-0.15, -0.1) is 0 Å². The Kier molecular flexibility index (Phi) is 5.10. The second-order valence-electron chi connectivity index (χ2n) is 4.52. The van der Waals surface area contributed by atoms with Gasteiger partial charge in [-0.3, -0.25) is 9.78 Å². The Hall–Kier alpha value is -1.99. The highest BCUT2D eigenvalue weighted by molar-refractivity contribution is 9.10. The minimum absolute atomic E-state index is 0.307. The number of hydrogen-bond donors (Lipinski definition) is 1. The van der Waals surface area contributed by atoms with Gasteiger partial charge in [0.15, 0.2) is 0 Å². The largest absolute Gasteiger partial charge is 0.268 e. The summed E-state index contributed by atoms with van der Waals surface area (Å²) in [4.78, 5) is 15.9. The number of amides is 1. The van der Waals surface area contributed by atoms with Crippen molar-refractivity contribution >= 4 is 37.9 Å². The number of halogens is 1. The molecule has 0 aliphatic carbocycles. The summed E-state index contributed by atoms with van der Waals surface area (Å²) in [5, 5.41) is 0.941. The van der Waals surface area contributed by atoms with Gasteiger partial charge in [-0.05, 0) is 48.4 Å². The molecule has 0 aliphatic heterocycles. The van der Waals surface area contributed by atoms with Crippen molar-refractivity contribution in [1.82, 2.24) is 9.71 Å². The number of carbonyl (C=O) groups is 1. The summed E-state index contributed by atoms with van der Waals surface area (Å²) in [6.07, 6.45) is 4.48. The van der Waals surface area contributed by atoms with E-state index in [-0.39, 0.29) is 0 Å². The lowest BCUT2D eigenvalue weighted by molar-refractivity contribution is 0.0981. The highest BCUT2D eigenvalue weighted by atomic mass is 79.9. The van der Waals surface area contributed by atoms with Crippen LogP contribution in [0, 0.1) is 6.92 Å². The second-order valence-corrected chi connectivity index (χ2v) is 7.01. The summed E-state index contributed by atoms with van der Waals surface area (Å²) in [7, 11) is -3.87. The first-order valence-corrected chi connectivity index (χ1v) is 8.63. The van der Waals surface area contributed by atoms with E-state index in [2.05, 4.69) is 20.9 Å². The molecule has 1 heterocycles. The number of carbonyl (C=O) groups excluding carboxylic acids is 1. The van der Waals surface area contributed by atoms with Crippen LogP contribution in [0.4, 0.5) is 0 Å². The minimum atomic E-state index is -3.87. The number of pyridine rings is 1. The molecule has 0 aliphatic rings. The molecule has 0 fully saturated rings. The third kappa shape index (κ3) is 4.51. The van der Waals surface area contributed by atoms with Crippen molar-refractivity contribution in [2.45, 2.75) is 6.92 Å². The molecular weight excluding hydrogens is 368 g/mol. The second kappa shape index (κ2) is 6.85. The van der Waals surface area contributed by atoms with Gasteiger partial charge in [0.1, 0.15) is 0 Å². The van der Waals surface area contributed by atoms with Crippen LogP contribution >= 0.6 is 15.9 Å². The van der Waals surface area contributed by atoms with Crippen molar-refractivity contribution in [2.24, 2.45) is 0 Å². The molecule has 22 heavy (non-hydrogen) atoms. The fourth-order valence-corrected chi connectivity index (χ4v) is 2.99. The standard InChI is InChI=1S/C15H13BrN2O3S/c1-11-9-13(16)4-5-14(11)15(19)18-22(20,21)8-6-12-3-2-7-17-10-12/h2-10H,1H3,(H,18,19). The first-order chi connectivity index (χ1) is 10.4. The Morgan fingerprint density at radius 3 is 2.73 bits per heavy atom. The highest BCUT2D eigenvalue weighted by Crippen LogP contribution is 2.16. The molecule has 0 saturated heterocycles. The summed E-state index contributed by atoms with van der Waals surface area (Å²) >= 11 is 3.29. The number of aromatic nitrogens is 1. The third-order valence-corrected chi connectivity index (χ3v) is 4.25. The van der Waals surface area contributed by atoms with Crippen molar-refractivity contribution in [3.05, 3.63) is 69.3 Å². The van der Waals surface area contributed by atoms with Gasteiger partial charge in [0, 0.05) is 22.4 Å². The minimum Gasteiger partial charge on any atom is -0.268 e. The zero-order chi connectivity index (χ0) is 16.2. The smallest absolute Gasteiger partial charge is 0.265 e. The molecule has 7 heteroatoms. The van der Waals surface area contributed by atoms with Gasteiger partial charge in [-0.1, -0.05) is 22.0 Å². The maximum Gasteiger partial charge on any atom is 0.265 e. The van der Waals surface area contributed by atoms with Crippen molar-refractivity contribution < 1.29 is 13.2 Å². The van der Waals surface area contributed by atoms with Gasteiger partial charge in [-0.25, -0.2) is 13.1 Å². The van der Waals surface area contributed by atoms with Crippen LogP contribution in [0.25, 0.3) is 6.08 Å². The van der Waals surface area contributed by atoms with E-state index in [0.717, 1.165) is 9.88 Å². The molecule has 1 amide bonds. The van der Waals surface area contributed by atoms with Crippen molar-refractivity contribution in [1.29, 1.82) is 0 Å². The summed E-state index contributed by atoms with van der Waals surface area (Å²) in [6, 6.07) is 8.39. The van der Waals surface area contributed by atoms with Gasteiger partial charge in [0.25, 0.3) is 15.9 Å². The average molecular weight is 381 g/mol. The quantitative estimate of drug-likeness (QED) is 0.884. The molecule has 2 aromatic rings. The summed E-state index contributed by atoms with van der Waals surface area (Å²) in [6.45, 7) is 1.73. The monoisotopic (exact) mass is 380 g/mol. The van der Waals surface area contributed by atoms with E-state index < -0.39 is 15.9 Å². The molecule has 2 rings (SSSR count). The zero-order valence-corrected chi connectivity index (χ0v) is 14.1. The normalized spacial score (nSPS) is 11.5. The highest BCUT2D eigenvalue weighted by Gasteiger charge is 2.15. The summed E-state index contributed by atoms with van der Waals surface area (Å²) in [5.41, 5.74) is 1.61. The predicted octanol–water partition coefficient (Wildman–Crippen LogP) is 2.88. The zero-order valence-electron chi connectivity index (χ0n) is 11.7. The number of nitrogens with zero attached hydrogens (tertiary/aromatic N) is 1. The van der Waals surface area contributed by atoms with E-state index in [1.165, 1.54) is 12.3 Å². The molecule has 114 valence electrons. The van der Waals surface area contributed by atoms with E-state index >= 15 is 0 Å². The van der Waals surface area contributed by atoms with Crippen molar-refractivity contribution in [3.8, 4) is 0 Å². The van der Waals surface area contributed by atoms with Crippen LogP contribution < -0.4 is 4.72 Å². The van der Waals surface area contributed by atoms with Crippen molar-refractivity contribution in [3.63, 3.8) is 0 Å². The number of nitrogens with one attached hydrogen (secondary N) is 1. The fraction of sp³-hybridized carbons (Fsp3) is 0.0667. The summed E-state index contributed by atoms with van der Waals surface area (Å²) in [5.74, 6) is -0.666. The molecule has 0 atom stereocenters. The fourth-order valence-electron chi connectivity index (χ4n) is 1.74. The van der Waals surface area contributed by atoms with Gasteiger partial charge in [0.2, 0.25) is 0 Å². The van der Waals surface area contributed by atoms with Gasteiger partial charge < -0.3 is 0 Å². The number of rotatable bonds is 4. The van der Waals surface area contributed by atoms with Gasteiger partial charge >= 0.3 is 0 Å². The van der Waals surface area contributed by atoms with Crippen molar-refractivity contribution in [2.75, 3.05) is 0 Å². The lowest BCUT2D eigenvalue weighted by Gasteiger charge is -2.06. The van der Waals surface area contributed by atoms with Crippen LogP contribution in [0.1, 0.15) is 21.5 Å². The van der Waals surface area contributed by atoms with Crippen LogP contribution in [0.2, 0.25) is 0 Å². The number of hydrogen-bond acceptors (Lipinski definition) is 4. The van der Waals surface area contributed by atoms with E-state index in [4.69, 9.17) is 0 Å². The Morgan fingerprint density at radius 1 is 1.32 bits per heavy atom. The van der Waals surface area contributed by atoms with E-state index in [0.29, 0.717) is 16.7 Å². The Labute approximate surface area is 137 Å². The molecule has 0 saturated carbocycles. The lowest BCUT2D eigenvalue weighted by atomic mass is 10.1. The van der Waals surface area contributed by atoms with Gasteiger partial charge in [0.05, 0.1) is 5.41 Å². The van der Waals surface area contributed by atoms with Crippen LogP contribution in [0.3, 0.4) is 0 Å². The molecule has 0 bridgehead atoms. The van der Waals surface area contributed by atoms with Crippen LogP contribution in [0.15, 0.2) is 52.6 Å². The topological polar surface area (TPSA) is 76.1 Å². The molecule has 5 nitrogen and oxygen atoms in total. The molecular formula is C15H13BrN2O3S. The Morgan fingerprint density at radius 2 is 2.09 bits per heavy atom. The first kappa shape index (κ1) is 16.4. The molecule has 1 N–H and O–H groups in total. The maximum absolute atomic E-state index is 12.1. The van der Waals surface area contributed by atoms with E-state index in [1.807, 2.05) is 4.72 Å². The van der Waals surface area contributed by atoms with E-state index in [1.54, 1.807) is 43.5 Å². The maximum atomic E-state index is 12.1. The molecule has 0 unspecified atom stereocenters. The molecule has 1 aromatic heterocycles. The van der Waals surface area contributed by atoms with Crippen LogP contribution in [-0.2, 0) is 10.0 Å². The first-order valence-electron chi connectivity index (χ1n) is 6.29.